The number of amides is 2. The first kappa shape index (κ1) is 20.4. The summed E-state index contributed by atoms with van der Waals surface area (Å²) in [7, 11) is 0. The maximum Gasteiger partial charge on any atom is 0.272 e. The SMILES string of the molecule is O=C(NCc1ccc(F)cc1)c1cc2n(n1)CCN(Cc1ccc(Cl)c(Cl)c1)C2=O. The number of rotatable bonds is 5. The molecule has 1 N–H and O–H groups in total. The number of aromatic nitrogens is 2. The van der Waals surface area contributed by atoms with Gasteiger partial charge < -0.3 is 10.2 Å². The standard InChI is InChI=1S/C21H17Cl2FN4O2/c22-16-6-3-14(9-17(16)23)12-27-7-8-28-19(21(27)30)10-18(26-28)20(29)25-11-13-1-4-15(24)5-2-13/h1-6,9-10H,7-8,11-12H2,(H,25,29). The first-order valence-corrected chi connectivity index (χ1v) is 10.00. The molecule has 4 rings (SSSR count). The second kappa shape index (κ2) is 8.45. The van der Waals surface area contributed by atoms with E-state index in [9.17, 15) is 14.0 Å². The Morgan fingerprint density at radius 3 is 2.50 bits per heavy atom. The Morgan fingerprint density at radius 2 is 1.77 bits per heavy atom. The first-order chi connectivity index (χ1) is 14.4. The van der Waals surface area contributed by atoms with Crippen LogP contribution in [0.1, 0.15) is 32.1 Å². The van der Waals surface area contributed by atoms with Crippen molar-refractivity contribution in [3.63, 3.8) is 0 Å². The van der Waals surface area contributed by atoms with Gasteiger partial charge in [0.1, 0.15) is 11.5 Å². The molecule has 3 aromatic rings. The highest BCUT2D eigenvalue weighted by Gasteiger charge is 2.28. The van der Waals surface area contributed by atoms with Gasteiger partial charge in [-0.1, -0.05) is 41.4 Å². The average Bonchev–Trinajstić information content (AvgIpc) is 3.17. The van der Waals surface area contributed by atoms with Crippen LogP contribution in [0.2, 0.25) is 10.0 Å². The molecule has 0 saturated carbocycles. The van der Waals surface area contributed by atoms with E-state index in [1.165, 1.54) is 18.2 Å². The molecule has 1 aliphatic rings. The van der Waals surface area contributed by atoms with Crippen molar-refractivity contribution >= 4 is 35.0 Å². The van der Waals surface area contributed by atoms with Gasteiger partial charge in [-0.3, -0.25) is 14.3 Å². The van der Waals surface area contributed by atoms with Gasteiger partial charge in [0.25, 0.3) is 11.8 Å². The maximum atomic E-state index is 13.0. The van der Waals surface area contributed by atoms with Crippen molar-refractivity contribution in [1.82, 2.24) is 20.0 Å². The highest BCUT2D eigenvalue weighted by atomic mass is 35.5. The first-order valence-electron chi connectivity index (χ1n) is 9.24. The molecule has 0 unspecified atom stereocenters. The van der Waals surface area contributed by atoms with Gasteiger partial charge in [0.2, 0.25) is 0 Å². The molecule has 6 nitrogen and oxygen atoms in total. The molecule has 2 amide bonds. The third kappa shape index (κ3) is 4.32. The number of benzene rings is 2. The van der Waals surface area contributed by atoms with Crippen LogP contribution in [0.25, 0.3) is 0 Å². The Hall–Kier alpha value is -2.90. The Morgan fingerprint density at radius 1 is 1.03 bits per heavy atom. The minimum Gasteiger partial charge on any atom is -0.347 e. The topological polar surface area (TPSA) is 67.2 Å². The van der Waals surface area contributed by atoms with Gasteiger partial charge in [-0.2, -0.15) is 5.10 Å². The normalized spacial score (nSPS) is 13.3. The second-order valence-corrected chi connectivity index (χ2v) is 7.74. The Balaban J connectivity index is 1.43. The van der Waals surface area contributed by atoms with Crippen molar-refractivity contribution in [3.8, 4) is 0 Å². The van der Waals surface area contributed by atoms with Gasteiger partial charge in [-0.15, -0.1) is 0 Å². The highest BCUT2D eigenvalue weighted by Crippen LogP contribution is 2.24. The molecule has 2 heterocycles. The molecule has 1 aromatic heterocycles. The van der Waals surface area contributed by atoms with Crippen LogP contribution in [-0.2, 0) is 19.6 Å². The zero-order valence-corrected chi connectivity index (χ0v) is 17.3. The van der Waals surface area contributed by atoms with E-state index in [-0.39, 0.29) is 24.0 Å². The van der Waals surface area contributed by atoms with Crippen LogP contribution in [0.5, 0.6) is 0 Å². The molecule has 0 saturated heterocycles. The van der Waals surface area contributed by atoms with E-state index >= 15 is 0 Å². The molecular weight excluding hydrogens is 430 g/mol. The van der Waals surface area contributed by atoms with Crippen molar-refractivity contribution in [2.24, 2.45) is 0 Å². The van der Waals surface area contributed by atoms with Crippen molar-refractivity contribution in [1.29, 1.82) is 0 Å². The summed E-state index contributed by atoms with van der Waals surface area (Å²) in [5.74, 6) is -0.946. The number of carbonyl (C=O) groups excluding carboxylic acids is 2. The van der Waals surface area contributed by atoms with Crippen molar-refractivity contribution < 1.29 is 14.0 Å². The van der Waals surface area contributed by atoms with E-state index in [1.807, 2.05) is 6.07 Å². The second-order valence-electron chi connectivity index (χ2n) is 6.92. The van der Waals surface area contributed by atoms with Gasteiger partial charge in [-0.05, 0) is 35.4 Å². The maximum absolute atomic E-state index is 13.0. The van der Waals surface area contributed by atoms with Crippen LogP contribution in [0, 0.1) is 5.82 Å². The lowest BCUT2D eigenvalue weighted by molar-refractivity contribution is 0.0683. The molecule has 154 valence electrons. The largest absolute Gasteiger partial charge is 0.347 e. The van der Waals surface area contributed by atoms with E-state index in [1.54, 1.807) is 33.8 Å². The lowest BCUT2D eigenvalue weighted by atomic mass is 10.2. The molecule has 0 spiro atoms. The molecule has 0 fully saturated rings. The third-order valence-corrected chi connectivity index (χ3v) is 5.56. The van der Waals surface area contributed by atoms with E-state index in [4.69, 9.17) is 23.2 Å². The number of halogens is 3. The summed E-state index contributed by atoms with van der Waals surface area (Å²) < 4.78 is 14.5. The third-order valence-electron chi connectivity index (χ3n) is 4.82. The fraction of sp³-hybridized carbons (Fsp3) is 0.190. The molecule has 30 heavy (non-hydrogen) atoms. The van der Waals surface area contributed by atoms with E-state index < -0.39 is 5.91 Å². The molecule has 0 aliphatic carbocycles. The zero-order valence-electron chi connectivity index (χ0n) is 15.7. The minimum absolute atomic E-state index is 0.164. The Bertz CT molecular complexity index is 1110. The monoisotopic (exact) mass is 446 g/mol. The predicted molar refractivity (Wildman–Crippen MR) is 111 cm³/mol. The van der Waals surface area contributed by atoms with Crippen molar-refractivity contribution in [3.05, 3.63) is 86.9 Å². The molecule has 1 aliphatic heterocycles. The molecule has 0 radical (unpaired) electrons. The van der Waals surface area contributed by atoms with Gasteiger partial charge in [-0.25, -0.2) is 4.39 Å². The molecule has 0 atom stereocenters. The number of nitrogens with one attached hydrogen (secondary N) is 1. The van der Waals surface area contributed by atoms with Crippen LogP contribution in [0.4, 0.5) is 4.39 Å². The zero-order chi connectivity index (χ0) is 21.3. The van der Waals surface area contributed by atoms with E-state index in [2.05, 4.69) is 10.4 Å². The van der Waals surface area contributed by atoms with Crippen LogP contribution in [0.15, 0.2) is 48.5 Å². The molecule has 0 bridgehead atoms. The predicted octanol–water partition coefficient (Wildman–Crippen LogP) is 3.92. The van der Waals surface area contributed by atoms with Gasteiger partial charge in [0.05, 0.1) is 16.6 Å². The fourth-order valence-corrected chi connectivity index (χ4v) is 3.55. The number of nitrogens with zero attached hydrogens (tertiary/aromatic N) is 3. The summed E-state index contributed by atoms with van der Waals surface area (Å²) in [6.45, 7) is 1.56. The van der Waals surface area contributed by atoms with E-state index in [0.29, 0.717) is 35.4 Å². The molecule has 2 aromatic carbocycles. The van der Waals surface area contributed by atoms with Gasteiger partial charge >= 0.3 is 0 Å². The summed E-state index contributed by atoms with van der Waals surface area (Å²) in [6.07, 6.45) is 0. The molecule has 9 heteroatoms. The fourth-order valence-electron chi connectivity index (χ4n) is 3.23. The van der Waals surface area contributed by atoms with Crippen molar-refractivity contribution in [2.75, 3.05) is 6.54 Å². The summed E-state index contributed by atoms with van der Waals surface area (Å²) in [4.78, 5) is 27.0. The minimum atomic E-state index is -0.398. The van der Waals surface area contributed by atoms with Crippen LogP contribution in [0.3, 0.4) is 0 Å². The number of fused-ring (bicyclic) bond motifs is 1. The Labute approximate surface area is 182 Å². The number of hydrogen-bond acceptors (Lipinski definition) is 3. The smallest absolute Gasteiger partial charge is 0.272 e. The summed E-state index contributed by atoms with van der Waals surface area (Å²) in [5.41, 5.74) is 2.14. The van der Waals surface area contributed by atoms with Crippen LogP contribution >= 0.6 is 23.2 Å². The number of hydrogen-bond donors (Lipinski definition) is 1. The van der Waals surface area contributed by atoms with Crippen molar-refractivity contribution in [2.45, 2.75) is 19.6 Å². The summed E-state index contributed by atoms with van der Waals surface area (Å²) in [6, 6.07) is 12.6. The quantitative estimate of drug-likeness (QED) is 0.645. The lowest BCUT2D eigenvalue weighted by Crippen LogP contribution is -2.39. The van der Waals surface area contributed by atoms with E-state index in [0.717, 1.165) is 11.1 Å². The Kier molecular flexibility index (Phi) is 5.74. The summed E-state index contributed by atoms with van der Waals surface area (Å²) in [5, 5.41) is 7.88. The van der Waals surface area contributed by atoms with Crippen LogP contribution < -0.4 is 5.32 Å². The summed E-state index contributed by atoms with van der Waals surface area (Å²) >= 11 is 12.0. The van der Waals surface area contributed by atoms with Gasteiger partial charge in [0, 0.05) is 25.7 Å². The van der Waals surface area contributed by atoms with Crippen LogP contribution in [-0.4, -0.2) is 33.0 Å². The van der Waals surface area contributed by atoms with Gasteiger partial charge in [0.15, 0.2) is 5.69 Å². The highest BCUT2D eigenvalue weighted by molar-refractivity contribution is 6.42. The lowest BCUT2D eigenvalue weighted by Gasteiger charge is -2.27. The number of carbonyl (C=O) groups is 2. The molecular formula is C21H17Cl2FN4O2. The average molecular weight is 447 g/mol.